The maximum Gasteiger partial charge on any atom is 0.252 e. The number of aliphatic hydroxyl groups excluding tert-OH is 1. The third kappa shape index (κ3) is 5.41. The first kappa shape index (κ1) is 16.2. The maximum atomic E-state index is 13.2. The summed E-state index contributed by atoms with van der Waals surface area (Å²) in [4.78, 5) is 12.1. The van der Waals surface area contributed by atoms with Gasteiger partial charge in [-0.3, -0.25) is 4.79 Å². The summed E-state index contributed by atoms with van der Waals surface area (Å²) in [5, 5.41) is 11.5. The number of carbonyl (C=O) groups is 1. The molecule has 20 heavy (non-hydrogen) atoms. The Balaban J connectivity index is 2.94. The van der Waals surface area contributed by atoms with Crippen molar-refractivity contribution in [2.75, 3.05) is 13.2 Å². The fourth-order valence-corrected chi connectivity index (χ4v) is 1.47. The molecule has 0 saturated heterocycles. The van der Waals surface area contributed by atoms with Gasteiger partial charge in [0.15, 0.2) is 0 Å². The Bertz CT molecular complexity index is 536. The Morgan fingerprint density at radius 3 is 2.70 bits per heavy atom. The van der Waals surface area contributed by atoms with E-state index in [4.69, 9.17) is 5.11 Å². The van der Waals surface area contributed by atoms with Gasteiger partial charge in [-0.05, 0) is 23.6 Å². The molecule has 0 atom stereocenters. The maximum absolute atomic E-state index is 13.2. The largest absolute Gasteiger partial charge is 0.395 e. The van der Waals surface area contributed by atoms with Crippen LogP contribution in [0.25, 0.3) is 0 Å². The molecule has 0 radical (unpaired) electrons. The Morgan fingerprint density at radius 1 is 1.40 bits per heavy atom. The number of nitrogens with one attached hydrogen (secondary N) is 1. The summed E-state index contributed by atoms with van der Waals surface area (Å²) in [6.07, 6.45) is 0.291. The highest BCUT2D eigenvalue weighted by Crippen LogP contribution is 2.13. The molecule has 0 saturated carbocycles. The van der Waals surface area contributed by atoms with Gasteiger partial charge in [0.05, 0.1) is 12.2 Å². The molecule has 0 unspecified atom stereocenters. The topological polar surface area (TPSA) is 49.3 Å². The number of amides is 1. The molecule has 0 heterocycles. The Hall–Kier alpha value is -1.86. The quantitative estimate of drug-likeness (QED) is 0.833. The SMILES string of the molecule is CC(C)(C)CNC(=O)c1ccc(F)cc1C#CCCO. The van der Waals surface area contributed by atoms with Crippen molar-refractivity contribution < 1.29 is 14.3 Å². The highest BCUT2D eigenvalue weighted by molar-refractivity contribution is 5.96. The van der Waals surface area contributed by atoms with E-state index >= 15 is 0 Å². The van der Waals surface area contributed by atoms with Crippen LogP contribution in [0.15, 0.2) is 18.2 Å². The van der Waals surface area contributed by atoms with E-state index in [1.54, 1.807) is 0 Å². The Kier molecular flexibility index (Phi) is 5.72. The molecule has 1 aromatic rings. The molecule has 0 fully saturated rings. The molecule has 0 aromatic heterocycles. The molecule has 0 aliphatic rings. The fraction of sp³-hybridized carbons (Fsp3) is 0.438. The molecule has 1 rings (SSSR count). The second-order valence-electron chi connectivity index (χ2n) is 5.71. The summed E-state index contributed by atoms with van der Waals surface area (Å²) in [5.41, 5.74) is 0.657. The van der Waals surface area contributed by atoms with Crippen molar-refractivity contribution in [2.24, 2.45) is 5.41 Å². The van der Waals surface area contributed by atoms with E-state index in [0.29, 0.717) is 24.1 Å². The minimum absolute atomic E-state index is 0.0293. The van der Waals surface area contributed by atoms with Crippen molar-refractivity contribution in [2.45, 2.75) is 27.2 Å². The van der Waals surface area contributed by atoms with Crippen molar-refractivity contribution >= 4 is 5.91 Å². The minimum atomic E-state index is -0.439. The third-order valence-corrected chi connectivity index (χ3v) is 2.47. The van der Waals surface area contributed by atoms with Crippen LogP contribution in [0.4, 0.5) is 4.39 Å². The lowest BCUT2D eigenvalue weighted by molar-refractivity contribution is 0.0939. The van der Waals surface area contributed by atoms with Gasteiger partial charge in [-0.25, -0.2) is 4.39 Å². The molecular formula is C16H20FNO2. The molecule has 4 heteroatoms. The van der Waals surface area contributed by atoms with Crippen molar-refractivity contribution in [1.29, 1.82) is 0 Å². The van der Waals surface area contributed by atoms with E-state index in [2.05, 4.69) is 17.2 Å². The van der Waals surface area contributed by atoms with Gasteiger partial charge in [-0.1, -0.05) is 32.6 Å². The highest BCUT2D eigenvalue weighted by Gasteiger charge is 2.15. The Morgan fingerprint density at radius 2 is 2.10 bits per heavy atom. The summed E-state index contributed by atoms with van der Waals surface area (Å²) < 4.78 is 13.2. The normalized spacial score (nSPS) is 10.7. The van der Waals surface area contributed by atoms with Gasteiger partial charge in [-0.2, -0.15) is 0 Å². The lowest BCUT2D eigenvalue weighted by Gasteiger charge is -2.19. The van der Waals surface area contributed by atoms with Gasteiger partial charge in [0.1, 0.15) is 5.82 Å². The van der Waals surface area contributed by atoms with Crippen LogP contribution in [0.5, 0.6) is 0 Å². The van der Waals surface area contributed by atoms with Crippen LogP contribution in [0.1, 0.15) is 43.1 Å². The molecular weight excluding hydrogens is 257 g/mol. The number of hydrogen-bond acceptors (Lipinski definition) is 2. The zero-order chi connectivity index (χ0) is 15.2. The van der Waals surface area contributed by atoms with E-state index in [1.165, 1.54) is 18.2 Å². The monoisotopic (exact) mass is 277 g/mol. The summed E-state index contributed by atoms with van der Waals surface area (Å²) in [7, 11) is 0. The summed E-state index contributed by atoms with van der Waals surface area (Å²) in [6, 6.07) is 3.90. The number of hydrogen-bond donors (Lipinski definition) is 2. The van der Waals surface area contributed by atoms with E-state index in [0.717, 1.165) is 0 Å². The number of aliphatic hydroxyl groups is 1. The van der Waals surface area contributed by atoms with Gasteiger partial charge in [0, 0.05) is 18.5 Å². The van der Waals surface area contributed by atoms with Crippen LogP contribution in [0.2, 0.25) is 0 Å². The van der Waals surface area contributed by atoms with Crippen LogP contribution >= 0.6 is 0 Å². The molecule has 0 spiro atoms. The van der Waals surface area contributed by atoms with Crippen LogP contribution in [0, 0.1) is 23.1 Å². The van der Waals surface area contributed by atoms with E-state index in [-0.39, 0.29) is 17.9 Å². The summed E-state index contributed by atoms with van der Waals surface area (Å²) >= 11 is 0. The standard InChI is InChI=1S/C16H20FNO2/c1-16(2,3)11-18-15(20)14-8-7-13(17)10-12(14)6-4-5-9-19/h7-8,10,19H,5,9,11H2,1-3H3,(H,18,20). The van der Waals surface area contributed by atoms with Gasteiger partial charge in [0.2, 0.25) is 0 Å². The highest BCUT2D eigenvalue weighted by atomic mass is 19.1. The average Bonchev–Trinajstić information content (AvgIpc) is 2.36. The van der Waals surface area contributed by atoms with Crippen molar-refractivity contribution in [3.8, 4) is 11.8 Å². The molecule has 108 valence electrons. The smallest absolute Gasteiger partial charge is 0.252 e. The van der Waals surface area contributed by atoms with Crippen LogP contribution < -0.4 is 5.32 Å². The molecule has 1 aromatic carbocycles. The second kappa shape index (κ2) is 7.06. The van der Waals surface area contributed by atoms with Crippen LogP contribution in [-0.2, 0) is 0 Å². The molecule has 2 N–H and O–H groups in total. The summed E-state index contributed by atoms with van der Waals surface area (Å²) in [5.74, 6) is 4.71. The zero-order valence-electron chi connectivity index (χ0n) is 12.1. The first-order chi connectivity index (χ1) is 9.33. The predicted octanol–water partition coefficient (Wildman–Crippen LogP) is 2.34. The lowest BCUT2D eigenvalue weighted by Crippen LogP contribution is -2.32. The van der Waals surface area contributed by atoms with Gasteiger partial charge in [0.25, 0.3) is 5.91 Å². The van der Waals surface area contributed by atoms with Crippen molar-refractivity contribution in [3.05, 3.63) is 35.1 Å². The van der Waals surface area contributed by atoms with Gasteiger partial charge in [-0.15, -0.1) is 0 Å². The first-order valence-electron chi connectivity index (χ1n) is 6.51. The number of carbonyl (C=O) groups excluding carboxylic acids is 1. The van der Waals surface area contributed by atoms with E-state index in [1.807, 2.05) is 20.8 Å². The van der Waals surface area contributed by atoms with Crippen molar-refractivity contribution in [1.82, 2.24) is 5.32 Å². The zero-order valence-corrected chi connectivity index (χ0v) is 12.1. The third-order valence-electron chi connectivity index (χ3n) is 2.47. The van der Waals surface area contributed by atoms with E-state index < -0.39 is 5.82 Å². The minimum Gasteiger partial charge on any atom is -0.395 e. The number of rotatable bonds is 3. The first-order valence-corrected chi connectivity index (χ1v) is 6.51. The van der Waals surface area contributed by atoms with Crippen LogP contribution in [0.3, 0.4) is 0 Å². The second-order valence-corrected chi connectivity index (χ2v) is 5.71. The van der Waals surface area contributed by atoms with Crippen molar-refractivity contribution in [3.63, 3.8) is 0 Å². The number of halogens is 1. The van der Waals surface area contributed by atoms with Gasteiger partial charge >= 0.3 is 0 Å². The number of benzene rings is 1. The molecule has 0 aliphatic carbocycles. The molecule has 0 bridgehead atoms. The van der Waals surface area contributed by atoms with E-state index in [9.17, 15) is 9.18 Å². The average molecular weight is 277 g/mol. The van der Waals surface area contributed by atoms with Gasteiger partial charge < -0.3 is 10.4 Å². The molecule has 3 nitrogen and oxygen atoms in total. The summed E-state index contributed by atoms with van der Waals surface area (Å²) in [6.45, 7) is 6.50. The Labute approximate surface area is 119 Å². The van der Waals surface area contributed by atoms with Crippen LogP contribution in [-0.4, -0.2) is 24.2 Å². The fourth-order valence-electron chi connectivity index (χ4n) is 1.47. The molecule has 0 aliphatic heterocycles. The predicted molar refractivity (Wildman–Crippen MR) is 76.8 cm³/mol. The molecule has 1 amide bonds. The lowest BCUT2D eigenvalue weighted by atomic mass is 9.96.